The number of nitrogens with zero attached hydrogens (tertiary/aromatic N) is 2. The second-order valence-corrected chi connectivity index (χ2v) is 12.4. The molecule has 4 rings (SSSR count). The molecular weight excluding hydrogens is 641 g/mol. The van der Waals surface area contributed by atoms with E-state index in [1.54, 1.807) is 36.4 Å². The molecule has 254 valence electrons. The van der Waals surface area contributed by atoms with Gasteiger partial charge < -0.3 is 29.2 Å². The summed E-state index contributed by atoms with van der Waals surface area (Å²) in [6, 6.07) is 22.3. The van der Waals surface area contributed by atoms with E-state index in [1.165, 1.54) is 88.9 Å². The summed E-state index contributed by atoms with van der Waals surface area (Å²) in [5.41, 5.74) is 0.869. The molecule has 0 spiro atoms. The van der Waals surface area contributed by atoms with Gasteiger partial charge in [0.1, 0.15) is 29.9 Å². The Labute approximate surface area is 279 Å². The number of carbonyl (C=O) groups excluding carboxylic acids is 2. The number of anilines is 1. The Kier molecular flexibility index (Phi) is 11.9. The predicted molar refractivity (Wildman–Crippen MR) is 179 cm³/mol. The fourth-order valence-electron chi connectivity index (χ4n) is 5.14. The second-order valence-electron chi connectivity index (χ2n) is 10.5. The molecule has 48 heavy (non-hydrogen) atoms. The number of hydrogen-bond acceptors (Lipinski definition) is 8. The highest BCUT2D eigenvalue weighted by molar-refractivity contribution is 7.92. The molecule has 0 fully saturated rings. The van der Waals surface area contributed by atoms with Crippen LogP contribution in [0.2, 0.25) is 0 Å². The van der Waals surface area contributed by atoms with Crippen LogP contribution in [0.5, 0.6) is 23.0 Å². The molecule has 1 N–H and O–H groups in total. The lowest BCUT2D eigenvalue weighted by atomic mass is 10.0. The number of likely N-dealkylation sites (N-methyl/N-ethyl adjacent to an activating group) is 1. The summed E-state index contributed by atoms with van der Waals surface area (Å²) >= 11 is 0. The standard InChI is InChI=1S/C35H38FN3O8S/c1-37-35(41)30(19-24-11-7-6-8-12-24)38(22-25-13-9-10-14-28(25)36)34(40)23-39(29-20-26(44-2)15-17-31(29)45-3)48(42,43)27-16-18-32(46-4)33(21-27)47-5/h6-18,20-21,30H,19,22-23H2,1-5H3,(H,37,41). The van der Waals surface area contributed by atoms with E-state index in [0.29, 0.717) is 11.5 Å². The normalized spacial score (nSPS) is 11.6. The van der Waals surface area contributed by atoms with E-state index >= 15 is 4.39 Å². The third-order valence-corrected chi connectivity index (χ3v) is 9.45. The molecule has 1 atom stereocenters. The molecule has 13 heteroatoms. The highest BCUT2D eigenvalue weighted by Crippen LogP contribution is 2.38. The van der Waals surface area contributed by atoms with Crippen molar-refractivity contribution in [1.29, 1.82) is 0 Å². The second kappa shape index (κ2) is 16.0. The van der Waals surface area contributed by atoms with Crippen LogP contribution in [0.25, 0.3) is 0 Å². The summed E-state index contributed by atoms with van der Waals surface area (Å²) in [4.78, 5) is 29.0. The topological polar surface area (TPSA) is 124 Å². The highest BCUT2D eigenvalue weighted by Gasteiger charge is 2.36. The van der Waals surface area contributed by atoms with Crippen LogP contribution < -0.4 is 28.6 Å². The lowest BCUT2D eigenvalue weighted by molar-refractivity contribution is -0.139. The van der Waals surface area contributed by atoms with E-state index in [4.69, 9.17) is 18.9 Å². The fourth-order valence-corrected chi connectivity index (χ4v) is 6.57. The number of rotatable bonds is 15. The van der Waals surface area contributed by atoms with Gasteiger partial charge in [0, 0.05) is 37.7 Å². The van der Waals surface area contributed by atoms with Gasteiger partial charge in [-0.15, -0.1) is 0 Å². The number of nitrogens with one attached hydrogen (secondary N) is 1. The van der Waals surface area contributed by atoms with Gasteiger partial charge in [-0.05, 0) is 35.9 Å². The van der Waals surface area contributed by atoms with Crippen molar-refractivity contribution in [2.45, 2.75) is 23.9 Å². The van der Waals surface area contributed by atoms with Crippen LogP contribution >= 0.6 is 0 Å². The number of halogens is 1. The molecule has 4 aromatic carbocycles. The molecule has 0 radical (unpaired) electrons. The summed E-state index contributed by atoms with van der Waals surface area (Å²) < 4.78 is 66.5. The van der Waals surface area contributed by atoms with Crippen LogP contribution in [0.1, 0.15) is 11.1 Å². The van der Waals surface area contributed by atoms with E-state index < -0.39 is 40.2 Å². The third kappa shape index (κ3) is 7.97. The van der Waals surface area contributed by atoms with Gasteiger partial charge in [-0.25, -0.2) is 12.8 Å². The van der Waals surface area contributed by atoms with Crippen molar-refractivity contribution in [1.82, 2.24) is 10.2 Å². The summed E-state index contributed by atoms with van der Waals surface area (Å²) in [6.07, 6.45) is 0.0750. The predicted octanol–water partition coefficient (Wildman–Crippen LogP) is 4.44. The number of hydrogen-bond donors (Lipinski definition) is 1. The van der Waals surface area contributed by atoms with Crippen LogP contribution in [0, 0.1) is 5.82 Å². The molecule has 0 saturated heterocycles. The van der Waals surface area contributed by atoms with E-state index in [-0.39, 0.29) is 40.6 Å². The minimum Gasteiger partial charge on any atom is -0.497 e. The number of amides is 2. The highest BCUT2D eigenvalue weighted by atomic mass is 32.2. The maximum absolute atomic E-state index is 15.0. The Morgan fingerprint density at radius 2 is 1.44 bits per heavy atom. The molecular formula is C35H38FN3O8S. The summed E-state index contributed by atoms with van der Waals surface area (Å²) in [5, 5.41) is 2.60. The first-order chi connectivity index (χ1) is 23.1. The average molecular weight is 680 g/mol. The van der Waals surface area contributed by atoms with Gasteiger partial charge in [-0.2, -0.15) is 0 Å². The number of carbonyl (C=O) groups is 2. The molecule has 2 amide bonds. The molecule has 0 aromatic heterocycles. The zero-order valence-electron chi connectivity index (χ0n) is 27.3. The summed E-state index contributed by atoms with van der Waals surface area (Å²) in [7, 11) is 2.44. The SMILES string of the molecule is CNC(=O)C(Cc1ccccc1)N(Cc1ccccc1F)C(=O)CN(c1cc(OC)ccc1OC)S(=O)(=O)c1ccc(OC)c(OC)c1. The molecule has 0 aliphatic carbocycles. The van der Waals surface area contributed by atoms with Crippen molar-refractivity contribution in [3.63, 3.8) is 0 Å². The Morgan fingerprint density at radius 3 is 2.06 bits per heavy atom. The largest absolute Gasteiger partial charge is 0.497 e. The minimum atomic E-state index is -4.55. The molecule has 0 bridgehead atoms. The lowest BCUT2D eigenvalue weighted by Gasteiger charge is -2.34. The van der Waals surface area contributed by atoms with Gasteiger partial charge in [-0.3, -0.25) is 13.9 Å². The smallest absolute Gasteiger partial charge is 0.265 e. The van der Waals surface area contributed by atoms with Crippen LogP contribution in [0.15, 0.2) is 95.9 Å². The first-order valence-electron chi connectivity index (χ1n) is 14.8. The van der Waals surface area contributed by atoms with Gasteiger partial charge >= 0.3 is 0 Å². The minimum absolute atomic E-state index is 0.00891. The maximum Gasteiger partial charge on any atom is 0.265 e. The third-order valence-electron chi connectivity index (χ3n) is 7.69. The summed E-state index contributed by atoms with van der Waals surface area (Å²) in [5.74, 6) is -1.03. The van der Waals surface area contributed by atoms with Crippen molar-refractivity contribution >= 4 is 27.5 Å². The average Bonchev–Trinajstić information content (AvgIpc) is 3.11. The van der Waals surface area contributed by atoms with E-state index in [0.717, 1.165) is 9.87 Å². The van der Waals surface area contributed by atoms with Crippen LogP contribution in [0.4, 0.5) is 10.1 Å². The van der Waals surface area contributed by atoms with Crippen LogP contribution in [0.3, 0.4) is 0 Å². The number of ether oxygens (including phenoxy) is 4. The number of sulfonamides is 1. The van der Waals surface area contributed by atoms with Gasteiger partial charge in [0.05, 0.1) is 39.0 Å². The van der Waals surface area contributed by atoms with Crippen LogP contribution in [-0.2, 0) is 32.6 Å². The first kappa shape index (κ1) is 35.6. The molecule has 11 nitrogen and oxygen atoms in total. The van der Waals surface area contributed by atoms with Gasteiger partial charge in [0.25, 0.3) is 10.0 Å². The molecule has 0 heterocycles. The van der Waals surface area contributed by atoms with Crippen molar-refractivity contribution in [2.24, 2.45) is 0 Å². The van der Waals surface area contributed by atoms with Gasteiger partial charge in [0.2, 0.25) is 11.8 Å². The molecule has 0 saturated carbocycles. The van der Waals surface area contributed by atoms with Crippen molar-refractivity contribution < 1.29 is 41.3 Å². The Bertz CT molecular complexity index is 1840. The van der Waals surface area contributed by atoms with Crippen LogP contribution in [-0.4, -0.2) is 73.2 Å². The Balaban J connectivity index is 1.89. The van der Waals surface area contributed by atoms with E-state index in [1.807, 2.05) is 6.07 Å². The van der Waals surface area contributed by atoms with Crippen molar-refractivity contribution in [3.8, 4) is 23.0 Å². The van der Waals surface area contributed by atoms with E-state index in [2.05, 4.69) is 5.32 Å². The number of benzene rings is 4. The van der Waals surface area contributed by atoms with Gasteiger partial charge in [-0.1, -0.05) is 48.5 Å². The molecule has 1 unspecified atom stereocenters. The van der Waals surface area contributed by atoms with Crippen molar-refractivity contribution in [2.75, 3.05) is 46.3 Å². The maximum atomic E-state index is 15.0. The Hall–Kier alpha value is -5.30. The molecule has 0 aliphatic rings. The molecule has 0 aliphatic heterocycles. The van der Waals surface area contributed by atoms with Gasteiger partial charge in [0.15, 0.2) is 11.5 Å². The quantitative estimate of drug-likeness (QED) is 0.196. The lowest BCUT2D eigenvalue weighted by Crippen LogP contribution is -2.53. The zero-order valence-corrected chi connectivity index (χ0v) is 28.1. The first-order valence-corrected chi connectivity index (χ1v) is 16.3. The fraction of sp³-hybridized carbons (Fsp3) is 0.257. The Morgan fingerprint density at radius 1 is 0.792 bits per heavy atom. The zero-order chi connectivity index (χ0) is 34.8. The van der Waals surface area contributed by atoms with E-state index in [9.17, 15) is 18.0 Å². The monoisotopic (exact) mass is 679 g/mol. The molecule has 4 aromatic rings. The number of methoxy groups -OCH3 is 4. The summed E-state index contributed by atoms with van der Waals surface area (Å²) in [6.45, 7) is -1.12. The van der Waals surface area contributed by atoms with Crippen molar-refractivity contribution in [3.05, 3.63) is 108 Å².